The number of methoxy groups -OCH3 is 1. The highest BCUT2D eigenvalue weighted by molar-refractivity contribution is 9.10. The van der Waals surface area contributed by atoms with Gasteiger partial charge in [-0.2, -0.15) is 0 Å². The number of hydrogen-bond donors (Lipinski definition) is 0. The van der Waals surface area contributed by atoms with Crippen LogP contribution in [0.2, 0.25) is 0 Å². The molecule has 1 aliphatic rings. The number of likely N-dealkylation sites (tertiary alicyclic amines) is 1. The molecular weight excluding hydrogens is 384 g/mol. The predicted molar refractivity (Wildman–Crippen MR) is 99.6 cm³/mol. The molecule has 2 heterocycles. The zero-order chi connectivity index (χ0) is 17.6. The van der Waals surface area contributed by atoms with Crippen LogP contribution in [-0.2, 0) is 4.79 Å². The average molecular weight is 403 g/mol. The highest BCUT2D eigenvalue weighted by atomic mass is 79.9. The maximum Gasteiger partial charge on any atom is 0.246 e. The summed E-state index contributed by atoms with van der Waals surface area (Å²) in [5, 5.41) is 0. The number of aromatic nitrogens is 1. The Kier molecular flexibility index (Phi) is 5.71. The lowest BCUT2D eigenvalue weighted by Gasteiger charge is -2.15. The minimum atomic E-state index is -0.0375. The topological polar surface area (TPSA) is 51.7 Å². The number of pyridine rings is 1. The highest BCUT2D eigenvalue weighted by Crippen LogP contribution is 2.24. The van der Waals surface area contributed by atoms with E-state index in [2.05, 4.69) is 20.9 Å². The van der Waals surface area contributed by atoms with E-state index in [4.69, 9.17) is 9.47 Å². The van der Waals surface area contributed by atoms with Gasteiger partial charge in [-0.05, 0) is 51.8 Å². The summed E-state index contributed by atoms with van der Waals surface area (Å²) in [6.45, 7) is 1.25. The molecule has 0 saturated carbocycles. The van der Waals surface area contributed by atoms with Crippen molar-refractivity contribution < 1.29 is 14.3 Å². The first-order valence-electron chi connectivity index (χ1n) is 8.04. The van der Waals surface area contributed by atoms with E-state index in [9.17, 15) is 4.79 Å². The lowest BCUT2D eigenvalue weighted by Crippen LogP contribution is -2.29. The second-order valence-corrected chi connectivity index (χ2v) is 6.56. The summed E-state index contributed by atoms with van der Waals surface area (Å²) in [4.78, 5) is 18.3. The van der Waals surface area contributed by atoms with Crippen LogP contribution in [0.3, 0.4) is 0 Å². The van der Waals surface area contributed by atoms with E-state index in [1.54, 1.807) is 24.3 Å². The Bertz CT molecular complexity index is 762. The molecule has 0 N–H and O–H groups in total. The Balaban J connectivity index is 1.55. The molecule has 0 radical (unpaired) electrons. The van der Waals surface area contributed by atoms with Gasteiger partial charge >= 0.3 is 0 Å². The molecular formula is C19H19BrN2O3. The van der Waals surface area contributed by atoms with Crippen molar-refractivity contribution in [2.24, 2.45) is 0 Å². The number of nitrogens with zero attached hydrogens (tertiary/aromatic N) is 2. The van der Waals surface area contributed by atoms with Gasteiger partial charge in [-0.25, -0.2) is 4.98 Å². The molecule has 1 atom stereocenters. The zero-order valence-corrected chi connectivity index (χ0v) is 15.5. The molecule has 1 fully saturated rings. The zero-order valence-electron chi connectivity index (χ0n) is 13.9. The molecule has 0 bridgehead atoms. The molecule has 130 valence electrons. The van der Waals surface area contributed by atoms with Crippen LogP contribution in [0.1, 0.15) is 12.0 Å². The van der Waals surface area contributed by atoms with Crippen LogP contribution in [0.5, 0.6) is 11.6 Å². The standard InChI is InChI=1S/C19H19BrN2O3/c1-24-15-7-4-14(5-8-15)6-9-18(23)22-12-10-16(13-22)25-19-17(20)3-2-11-21-19/h2-9,11,16H,10,12-13H2,1H3/b9-6+. The van der Waals surface area contributed by atoms with Crippen LogP contribution in [0.4, 0.5) is 0 Å². The number of carbonyl (C=O) groups excluding carboxylic acids is 1. The molecule has 0 aliphatic carbocycles. The summed E-state index contributed by atoms with van der Waals surface area (Å²) in [6, 6.07) is 11.3. The predicted octanol–water partition coefficient (Wildman–Crippen LogP) is 3.55. The molecule has 1 saturated heterocycles. The Morgan fingerprint density at radius 1 is 1.32 bits per heavy atom. The largest absolute Gasteiger partial charge is 0.497 e. The fourth-order valence-corrected chi connectivity index (χ4v) is 2.98. The van der Waals surface area contributed by atoms with E-state index in [0.717, 1.165) is 22.2 Å². The van der Waals surface area contributed by atoms with Crippen molar-refractivity contribution in [2.75, 3.05) is 20.2 Å². The fraction of sp³-hybridized carbons (Fsp3) is 0.263. The van der Waals surface area contributed by atoms with Crippen LogP contribution in [-0.4, -0.2) is 42.1 Å². The van der Waals surface area contributed by atoms with Gasteiger partial charge in [0.05, 0.1) is 18.1 Å². The van der Waals surface area contributed by atoms with Crippen LogP contribution in [0.15, 0.2) is 53.1 Å². The van der Waals surface area contributed by atoms with Gasteiger partial charge < -0.3 is 14.4 Å². The summed E-state index contributed by atoms with van der Waals surface area (Å²) >= 11 is 3.42. The van der Waals surface area contributed by atoms with Gasteiger partial charge in [0.25, 0.3) is 0 Å². The Morgan fingerprint density at radius 2 is 2.12 bits per heavy atom. The Labute approximate surface area is 155 Å². The van der Waals surface area contributed by atoms with Crippen molar-refractivity contribution in [1.29, 1.82) is 0 Å². The Morgan fingerprint density at radius 3 is 2.84 bits per heavy atom. The number of halogens is 1. The third-order valence-electron chi connectivity index (χ3n) is 3.99. The summed E-state index contributed by atoms with van der Waals surface area (Å²) in [5.41, 5.74) is 0.957. The highest BCUT2D eigenvalue weighted by Gasteiger charge is 2.27. The summed E-state index contributed by atoms with van der Waals surface area (Å²) < 4.78 is 11.8. The molecule has 1 unspecified atom stereocenters. The van der Waals surface area contributed by atoms with Gasteiger partial charge in [0, 0.05) is 25.2 Å². The molecule has 3 rings (SSSR count). The first kappa shape index (κ1) is 17.5. The third-order valence-corrected chi connectivity index (χ3v) is 4.60. The number of carbonyl (C=O) groups is 1. The van der Waals surface area contributed by atoms with E-state index in [1.807, 2.05) is 42.5 Å². The van der Waals surface area contributed by atoms with E-state index < -0.39 is 0 Å². The summed E-state index contributed by atoms with van der Waals surface area (Å²) in [7, 11) is 1.63. The molecule has 1 aromatic carbocycles. The second kappa shape index (κ2) is 8.16. The third kappa shape index (κ3) is 4.60. The first-order chi connectivity index (χ1) is 12.2. The first-order valence-corrected chi connectivity index (χ1v) is 8.83. The van der Waals surface area contributed by atoms with Crippen molar-refractivity contribution in [3.63, 3.8) is 0 Å². The molecule has 1 aromatic heterocycles. The molecule has 25 heavy (non-hydrogen) atoms. The SMILES string of the molecule is COc1ccc(/C=C/C(=O)N2CCC(Oc3ncccc3Br)C2)cc1. The smallest absolute Gasteiger partial charge is 0.246 e. The molecule has 1 amide bonds. The van der Waals surface area contributed by atoms with Crippen molar-refractivity contribution >= 4 is 27.9 Å². The van der Waals surface area contributed by atoms with E-state index >= 15 is 0 Å². The van der Waals surface area contributed by atoms with Crippen molar-refractivity contribution in [1.82, 2.24) is 9.88 Å². The van der Waals surface area contributed by atoms with Crippen LogP contribution in [0.25, 0.3) is 6.08 Å². The molecule has 6 heteroatoms. The normalized spacial score (nSPS) is 17.0. The van der Waals surface area contributed by atoms with Crippen LogP contribution >= 0.6 is 15.9 Å². The minimum Gasteiger partial charge on any atom is -0.497 e. The summed E-state index contributed by atoms with van der Waals surface area (Å²) in [6.07, 6.45) is 5.86. The number of benzene rings is 1. The van der Waals surface area contributed by atoms with Crippen molar-refractivity contribution in [3.05, 3.63) is 58.7 Å². The molecule has 2 aromatic rings. The van der Waals surface area contributed by atoms with Gasteiger partial charge in [0.1, 0.15) is 11.9 Å². The van der Waals surface area contributed by atoms with E-state index in [1.165, 1.54) is 0 Å². The lowest BCUT2D eigenvalue weighted by atomic mass is 10.2. The maximum atomic E-state index is 12.3. The van der Waals surface area contributed by atoms with E-state index in [-0.39, 0.29) is 12.0 Å². The molecule has 1 aliphatic heterocycles. The minimum absolute atomic E-state index is 0.0120. The monoisotopic (exact) mass is 402 g/mol. The maximum absolute atomic E-state index is 12.3. The molecule has 0 spiro atoms. The fourth-order valence-electron chi connectivity index (χ4n) is 2.63. The van der Waals surface area contributed by atoms with Gasteiger partial charge in [-0.1, -0.05) is 12.1 Å². The van der Waals surface area contributed by atoms with Gasteiger partial charge in [0.15, 0.2) is 0 Å². The molecule has 5 nitrogen and oxygen atoms in total. The van der Waals surface area contributed by atoms with Gasteiger partial charge in [-0.3, -0.25) is 4.79 Å². The number of hydrogen-bond acceptors (Lipinski definition) is 4. The number of ether oxygens (including phenoxy) is 2. The van der Waals surface area contributed by atoms with Crippen LogP contribution < -0.4 is 9.47 Å². The van der Waals surface area contributed by atoms with Crippen molar-refractivity contribution in [3.8, 4) is 11.6 Å². The van der Waals surface area contributed by atoms with Gasteiger partial charge in [-0.15, -0.1) is 0 Å². The lowest BCUT2D eigenvalue weighted by molar-refractivity contribution is -0.125. The van der Waals surface area contributed by atoms with Gasteiger partial charge in [0.2, 0.25) is 11.8 Å². The summed E-state index contributed by atoms with van der Waals surface area (Å²) in [5.74, 6) is 1.35. The van der Waals surface area contributed by atoms with E-state index in [0.29, 0.717) is 19.0 Å². The second-order valence-electron chi connectivity index (χ2n) is 5.71. The Hall–Kier alpha value is -2.34. The van der Waals surface area contributed by atoms with Crippen molar-refractivity contribution in [2.45, 2.75) is 12.5 Å². The average Bonchev–Trinajstić information content (AvgIpc) is 3.11. The number of amides is 1. The van der Waals surface area contributed by atoms with Crippen LogP contribution in [0, 0.1) is 0 Å². The number of rotatable bonds is 5. The quantitative estimate of drug-likeness (QED) is 0.717.